The second-order valence-corrected chi connectivity index (χ2v) is 9.76. The van der Waals surface area contributed by atoms with Crippen molar-refractivity contribution >= 4 is 40.0 Å². The van der Waals surface area contributed by atoms with E-state index in [1.54, 1.807) is 16.4 Å². The number of guanidine groups is 1. The van der Waals surface area contributed by atoms with Crippen molar-refractivity contribution in [2.75, 3.05) is 46.4 Å². The summed E-state index contributed by atoms with van der Waals surface area (Å²) in [5.74, 6) is 1.31. The van der Waals surface area contributed by atoms with Gasteiger partial charge in [0, 0.05) is 45.8 Å². The van der Waals surface area contributed by atoms with E-state index in [0.717, 1.165) is 63.5 Å². The summed E-state index contributed by atoms with van der Waals surface area (Å²) in [6, 6.07) is 7.25. The van der Waals surface area contributed by atoms with Crippen LogP contribution in [0.15, 0.2) is 34.2 Å². The molecule has 0 radical (unpaired) electrons. The fourth-order valence-corrected chi connectivity index (χ4v) is 5.69. The number of sulfonamides is 1. The van der Waals surface area contributed by atoms with Crippen LogP contribution in [0.4, 0.5) is 0 Å². The Morgan fingerprint density at radius 2 is 2.00 bits per heavy atom. The van der Waals surface area contributed by atoms with Crippen LogP contribution >= 0.6 is 24.0 Å². The fraction of sp³-hybridized carbons (Fsp3) is 0.667. The molecule has 2 fully saturated rings. The van der Waals surface area contributed by atoms with Crippen molar-refractivity contribution in [1.82, 2.24) is 14.5 Å². The van der Waals surface area contributed by atoms with Gasteiger partial charge in [0.05, 0.1) is 18.0 Å². The third kappa shape index (κ3) is 6.54. The van der Waals surface area contributed by atoms with E-state index in [2.05, 4.69) is 10.2 Å². The minimum Gasteiger partial charge on any atom is -0.381 e. The van der Waals surface area contributed by atoms with Crippen LogP contribution in [-0.2, 0) is 21.3 Å². The Bertz CT molecular complexity index is 791. The van der Waals surface area contributed by atoms with Crippen molar-refractivity contribution < 1.29 is 13.2 Å². The molecule has 1 aromatic rings. The van der Waals surface area contributed by atoms with Crippen LogP contribution in [0.1, 0.15) is 38.2 Å². The maximum Gasteiger partial charge on any atom is 0.243 e. The Morgan fingerprint density at radius 3 is 2.67 bits per heavy atom. The summed E-state index contributed by atoms with van der Waals surface area (Å²) >= 11 is 0. The van der Waals surface area contributed by atoms with E-state index in [0.29, 0.717) is 30.4 Å². The number of aliphatic imine (C=N–C) groups is 1. The lowest BCUT2D eigenvalue weighted by atomic mass is 10.1. The summed E-state index contributed by atoms with van der Waals surface area (Å²) in [4.78, 5) is 7.25. The van der Waals surface area contributed by atoms with Crippen LogP contribution in [0.5, 0.6) is 0 Å². The van der Waals surface area contributed by atoms with Crippen LogP contribution in [0.25, 0.3) is 0 Å². The normalized spacial score (nSPS) is 20.6. The largest absolute Gasteiger partial charge is 0.381 e. The quantitative estimate of drug-likeness (QED) is 0.321. The van der Waals surface area contributed by atoms with Gasteiger partial charge in [-0.1, -0.05) is 24.6 Å². The van der Waals surface area contributed by atoms with Crippen molar-refractivity contribution in [3.8, 4) is 0 Å². The average molecular weight is 551 g/mol. The lowest BCUT2D eigenvalue weighted by molar-refractivity contribution is 0.181. The topological polar surface area (TPSA) is 74.2 Å². The molecule has 0 amide bonds. The molecule has 2 aliphatic rings. The maximum absolute atomic E-state index is 13.2. The first-order chi connectivity index (χ1) is 14.0. The zero-order chi connectivity index (χ0) is 20.7. The molecule has 1 unspecified atom stereocenters. The van der Waals surface area contributed by atoms with Crippen LogP contribution < -0.4 is 5.32 Å². The summed E-state index contributed by atoms with van der Waals surface area (Å²) in [6.45, 7) is 6.84. The van der Waals surface area contributed by atoms with Gasteiger partial charge >= 0.3 is 0 Å². The number of halogens is 1. The molecule has 2 heterocycles. The lowest BCUT2D eigenvalue weighted by Crippen LogP contribution is -2.41. The summed E-state index contributed by atoms with van der Waals surface area (Å²) < 4.78 is 33.5. The molecule has 2 aliphatic heterocycles. The second-order valence-electron chi connectivity index (χ2n) is 7.85. The molecule has 0 saturated carbocycles. The first kappa shape index (κ1) is 25.4. The Balaban J connectivity index is 0.00000320. The second kappa shape index (κ2) is 12.2. The molecule has 0 aliphatic carbocycles. The Labute approximate surface area is 198 Å². The van der Waals surface area contributed by atoms with Crippen molar-refractivity contribution in [2.45, 2.75) is 44.0 Å². The Kier molecular flexibility index (Phi) is 10.3. The van der Waals surface area contributed by atoms with Crippen LogP contribution in [0.3, 0.4) is 0 Å². The highest BCUT2D eigenvalue weighted by Crippen LogP contribution is 2.24. The van der Waals surface area contributed by atoms with Crippen molar-refractivity contribution in [3.63, 3.8) is 0 Å². The predicted molar refractivity (Wildman–Crippen MR) is 131 cm³/mol. The number of ether oxygens (including phenoxy) is 1. The van der Waals surface area contributed by atoms with Crippen molar-refractivity contribution in [2.24, 2.45) is 10.9 Å². The summed E-state index contributed by atoms with van der Waals surface area (Å²) in [5.41, 5.74) is 0.742. The standard InChI is InChI=1S/C21H34N4O3S.HI/c1-3-22-21(24(2)16-18-11-14-28-17-18)23-15-19-9-5-6-10-20(19)29(26,27)25-12-7-4-8-13-25;/h5-6,9-10,18H,3-4,7-8,11-17H2,1-2H3,(H,22,23);1H. The summed E-state index contributed by atoms with van der Waals surface area (Å²) in [5, 5.41) is 3.32. The molecule has 0 spiro atoms. The number of rotatable bonds is 7. The molecule has 170 valence electrons. The highest BCUT2D eigenvalue weighted by molar-refractivity contribution is 14.0. The van der Waals surface area contributed by atoms with Crippen LogP contribution in [0, 0.1) is 5.92 Å². The minimum absolute atomic E-state index is 0. The van der Waals surface area contributed by atoms with Gasteiger partial charge in [-0.05, 0) is 37.8 Å². The average Bonchev–Trinajstić information content (AvgIpc) is 3.25. The highest BCUT2D eigenvalue weighted by atomic mass is 127. The lowest BCUT2D eigenvalue weighted by Gasteiger charge is -2.27. The molecule has 7 nitrogen and oxygen atoms in total. The molecule has 3 rings (SSSR count). The van der Waals surface area contributed by atoms with Crippen LogP contribution in [0.2, 0.25) is 0 Å². The molecular weight excluding hydrogens is 515 g/mol. The Morgan fingerprint density at radius 1 is 1.27 bits per heavy atom. The fourth-order valence-electron chi connectivity index (χ4n) is 3.96. The maximum atomic E-state index is 13.2. The third-order valence-electron chi connectivity index (χ3n) is 5.56. The van der Waals surface area contributed by atoms with Gasteiger partial charge < -0.3 is 15.0 Å². The Hall–Kier alpha value is -0.910. The molecule has 0 bridgehead atoms. The van der Waals surface area contributed by atoms with Gasteiger partial charge in [0.1, 0.15) is 0 Å². The molecule has 1 atom stereocenters. The van der Waals surface area contributed by atoms with E-state index < -0.39 is 10.0 Å². The van der Waals surface area contributed by atoms with Crippen LogP contribution in [-0.4, -0.2) is 70.0 Å². The molecule has 0 aromatic heterocycles. The summed E-state index contributed by atoms with van der Waals surface area (Å²) in [7, 11) is -1.45. The van der Waals surface area contributed by atoms with E-state index in [1.165, 1.54) is 0 Å². The monoisotopic (exact) mass is 550 g/mol. The predicted octanol–water partition coefficient (Wildman–Crippen LogP) is 2.91. The molecule has 1 N–H and O–H groups in total. The molecular formula is C21H35IN4O3S. The zero-order valence-electron chi connectivity index (χ0n) is 18.0. The van der Waals surface area contributed by atoms with Gasteiger partial charge in [0.2, 0.25) is 10.0 Å². The van der Waals surface area contributed by atoms with Gasteiger partial charge in [0.25, 0.3) is 0 Å². The first-order valence-electron chi connectivity index (χ1n) is 10.7. The van der Waals surface area contributed by atoms with Gasteiger partial charge in [-0.15, -0.1) is 24.0 Å². The van der Waals surface area contributed by atoms with E-state index in [9.17, 15) is 8.42 Å². The van der Waals surface area contributed by atoms with E-state index in [-0.39, 0.29) is 24.0 Å². The molecule has 30 heavy (non-hydrogen) atoms. The number of hydrogen-bond acceptors (Lipinski definition) is 4. The number of nitrogens with one attached hydrogen (secondary N) is 1. The van der Waals surface area contributed by atoms with Gasteiger partial charge in [-0.3, -0.25) is 0 Å². The van der Waals surface area contributed by atoms with Crippen molar-refractivity contribution in [3.05, 3.63) is 29.8 Å². The number of nitrogens with zero attached hydrogens (tertiary/aromatic N) is 3. The third-order valence-corrected chi connectivity index (χ3v) is 7.56. The van der Waals surface area contributed by atoms with Gasteiger partial charge in [-0.2, -0.15) is 4.31 Å². The zero-order valence-corrected chi connectivity index (χ0v) is 21.2. The summed E-state index contributed by atoms with van der Waals surface area (Å²) in [6.07, 6.45) is 4.03. The van der Waals surface area contributed by atoms with Gasteiger partial charge in [0.15, 0.2) is 5.96 Å². The number of benzene rings is 1. The molecule has 9 heteroatoms. The molecule has 2 saturated heterocycles. The van der Waals surface area contributed by atoms with E-state index in [1.807, 2.05) is 26.1 Å². The minimum atomic E-state index is -3.48. The van der Waals surface area contributed by atoms with Crippen molar-refractivity contribution in [1.29, 1.82) is 0 Å². The number of hydrogen-bond donors (Lipinski definition) is 1. The van der Waals surface area contributed by atoms with E-state index in [4.69, 9.17) is 9.73 Å². The number of piperidine rings is 1. The molecule has 1 aromatic carbocycles. The van der Waals surface area contributed by atoms with E-state index >= 15 is 0 Å². The first-order valence-corrected chi connectivity index (χ1v) is 12.1. The van der Waals surface area contributed by atoms with Gasteiger partial charge in [-0.25, -0.2) is 13.4 Å². The smallest absolute Gasteiger partial charge is 0.243 e. The highest BCUT2D eigenvalue weighted by Gasteiger charge is 2.28. The SMILES string of the molecule is CCNC(=NCc1ccccc1S(=O)(=O)N1CCCCC1)N(C)CC1CCOC1.I.